The van der Waals surface area contributed by atoms with Gasteiger partial charge in [-0.25, -0.2) is 0 Å². The van der Waals surface area contributed by atoms with Gasteiger partial charge in [0.05, 0.1) is 11.3 Å². The van der Waals surface area contributed by atoms with Crippen LogP contribution in [0.3, 0.4) is 0 Å². The normalized spacial score (nSPS) is 10.5. The maximum Gasteiger partial charge on any atom is 0.250 e. The van der Waals surface area contributed by atoms with Crippen molar-refractivity contribution in [2.45, 2.75) is 0 Å². The molecule has 0 atom stereocenters. The van der Waals surface area contributed by atoms with Crippen LogP contribution in [0.2, 0.25) is 0 Å². The Bertz CT molecular complexity index is 824. The van der Waals surface area contributed by atoms with Crippen molar-refractivity contribution in [3.8, 4) is 0 Å². The first-order chi connectivity index (χ1) is 10.1. The molecule has 0 aliphatic carbocycles. The molecule has 5 heteroatoms. The number of anilines is 3. The Morgan fingerprint density at radius 1 is 1.10 bits per heavy atom. The van der Waals surface area contributed by atoms with E-state index in [0.29, 0.717) is 16.9 Å². The Morgan fingerprint density at radius 2 is 1.95 bits per heavy atom. The number of nitrogens with zero attached hydrogens (tertiary/aromatic N) is 1. The summed E-state index contributed by atoms with van der Waals surface area (Å²) in [6.07, 6.45) is 3.51. The second kappa shape index (κ2) is 5.13. The van der Waals surface area contributed by atoms with Gasteiger partial charge in [0, 0.05) is 34.5 Å². The fourth-order valence-electron chi connectivity index (χ4n) is 2.26. The standard InChI is InChI=1S/C16H14N4O/c17-11-4-5-13(16(18)21)15(8-11)20-14-3-1-2-10-9-19-7-6-12(10)14/h1-9,20H,17H2,(H2,18,21). The molecule has 1 heterocycles. The zero-order valence-corrected chi connectivity index (χ0v) is 11.2. The molecule has 5 nitrogen and oxygen atoms in total. The van der Waals surface area contributed by atoms with Crippen LogP contribution < -0.4 is 16.8 Å². The van der Waals surface area contributed by atoms with Gasteiger partial charge in [-0.1, -0.05) is 12.1 Å². The summed E-state index contributed by atoms with van der Waals surface area (Å²) in [6.45, 7) is 0. The third-order valence-electron chi connectivity index (χ3n) is 3.26. The van der Waals surface area contributed by atoms with Gasteiger partial charge in [-0.05, 0) is 30.3 Å². The van der Waals surface area contributed by atoms with Crippen molar-refractivity contribution in [2.24, 2.45) is 5.73 Å². The average molecular weight is 278 g/mol. The number of aromatic nitrogens is 1. The predicted octanol–water partition coefficient (Wildman–Crippen LogP) is 2.66. The molecular formula is C16H14N4O. The monoisotopic (exact) mass is 278 g/mol. The first-order valence-corrected chi connectivity index (χ1v) is 6.44. The number of carbonyl (C=O) groups excluding carboxylic acids is 1. The van der Waals surface area contributed by atoms with Gasteiger partial charge < -0.3 is 16.8 Å². The lowest BCUT2D eigenvalue weighted by Crippen LogP contribution is -2.13. The first-order valence-electron chi connectivity index (χ1n) is 6.44. The van der Waals surface area contributed by atoms with Gasteiger partial charge in [0.2, 0.25) is 0 Å². The summed E-state index contributed by atoms with van der Waals surface area (Å²) in [5.41, 5.74) is 13.6. The highest BCUT2D eigenvalue weighted by Gasteiger charge is 2.10. The molecule has 104 valence electrons. The lowest BCUT2D eigenvalue weighted by atomic mass is 10.1. The lowest BCUT2D eigenvalue weighted by molar-refractivity contribution is 0.100. The van der Waals surface area contributed by atoms with E-state index in [9.17, 15) is 4.79 Å². The Balaban J connectivity index is 2.11. The van der Waals surface area contributed by atoms with E-state index in [2.05, 4.69) is 10.3 Å². The van der Waals surface area contributed by atoms with Gasteiger partial charge in [0.25, 0.3) is 5.91 Å². The Morgan fingerprint density at radius 3 is 2.76 bits per heavy atom. The number of nitrogen functional groups attached to an aromatic ring is 1. The lowest BCUT2D eigenvalue weighted by Gasteiger charge is -2.13. The summed E-state index contributed by atoms with van der Waals surface area (Å²) in [7, 11) is 0. The average Bonchev–Trinajstić information content (AvgIpc) is 2.47. The number of primary amides is 1. The molecule has 5 N–H and O–H groups in total. The smallest absolute Gasteiger partial charge is 0.250 e. The molecule has 0 aliphatic heterocycles. The Hall–Kier alpha value is -3.08. The molecule has 0 aliphatic rings. The van der Waals surface area contributed by atoms with E-state index in [1.165, 1.54) is 0 Å². The van der Waals surface area contributed by atoms with Crippen LogP contribution in [0.4, 0.5) is 17.1 Å². The van der Waals surface area contributed by atoms with Gasteiger partial charge in [-0.2, -0.15) is 0 Å². The zero-order chi connectivity index (χ0) is 14.8. The topological polar surface area (TPSA) is 94.0 Å². The fraction of sp³-hybridized carbons (Fsp3) is 0. The highest BCUT2D eigenvalue weighted by Crippen LogP contribution is 2.28. The summed E-state index contributed by atoms with van der Waals surface area (Å²) < 4.78 is 0. The van der Waals surface area contributed by atoms with Crippen LogP contribution in [0.5, 0.6) is 0 Å². The Kier molecular flexibility index (Phi) is 3.16. The minimum absolute atomic E-state index is 0.398. The summed E-state index contributed by atoms with van der Waals surface area (Å²) >= 11 is 0. The molecule has 0 fully saturated rings. The molecule has 0 unspecified atom stereocenters. The first kappa shape index (κ1) is 12.9. The molecule has 2 aromatic carbocycles. The van der Waals surface area contributed by atoms with Crippen molar-refractivity contribution in [1.82, 2.24) is 4.98 Å². The van der Waals surface area contributed by atoms with Crippen molar-refractivity contribution in [2.75, 3.05) is 11.1 Å². The molecule has 0 bridgehead atoms. The highest BCUT2D eigenvalue weighted by atomic mass is 16.1. The summed E-state index contributed by atoms with van der Waals surface area (Å²) in [6, 6.07) is 12.7. The second-order valence-electron chi connectivity index (χ2n) is 4.70. The van der Waals surface area contributed by atoms with Gasteiger partial charge in [-0.3, -0.25) is 9.78 Å². The van der Waals surface area contributed by atoms with E-state index in [4.69, 9.17) is 11.5 Å². The van der Waals surface area contributed by atoms with E-state index in [-0.39, 0.29) is 0 Å². The molecule has 1 amide bonds. The third-order valence-corrected chi connectivity index (χ3v) is 3.26. The highest BCUT2D eigenvalue weighted by molar-refractivity contribution is 6.02. The summed E-state index contributed by atoms with van der Waals surface area (Å²) in [5, 5.41) is 5.24. The van der Waals surface area contributed by atoms with Gasteiger partial charge in [0.15, 0.2) is 0 Å². The molecular weight excluding hydrogens is 264 g/mol. The number of amides is 1. The number of carbonyl (C=O) groups is 1. The largest absolute Gasteiger partial charge is 0.399 e. The minimum atomic E-state index is -0.501. The maximum absolute atomic E-state index is 11.5. The SMILES string of the molecule is NC(=O)c1ccc(N)cc1Nc1cccc2cnccc12. The zero-order valence-electron chi connectivity index (χ0n) is 11.2. The van der Waals surface area contributed by atoms with Crippen LogP contribution in [0.15, 0.2) is 54.9 Å². The molecule has 0 radical (unpaired) electrons. The van der Waals surface area contributed by atoms with Crippen LogP contribution in [0, 0.1) is 0 Å². The van der Waals surface area contributed by atoms with E-state index >= 15 is 0 Å². The number of nitrogens with two attached hydrogens (primary N) is 2. The van der Waals surface area contributed by atoms with Gasteiger partial charge in [0.1, 0.15) is 0 Å². The number of hydrogen-bond acceptors (Lipinski definition) is 4. The minimum Gasteiger partial charge on any atom is -0.399 e. The van der Waals surface area contributed by atoms with Crippen LogP contribution in [0.25, 0.3) is 10.8 Å². The molecule has 3 aromatic rings. The van der Waals surface area contributed by atoms with E-state index in [1.807, 2.05) is 24.3 Å². The number of rotatable bonds is 3. The number of nitrogens with one attached hydrogen (secondary N) is 1. The predicted molar refractivity (Wildman–Crippen MR) is 84.4 cm³/mol. The van der Waals surface area contributed by atoms with Crippen molar-refractivity contribution < 1.29 is 4.79 Å². The molecule has 0 saturated heterocycles. The number of hydrogen-bond donors (Lipinski definition) is 3. The summed E-state index contributed by atoms with van der Waals surface area (Å²) in [4.78, 5) is 15.6. The van der Waals surface area contributed by atoms with Gasteiger partial charge in [-0.15, -0.1) is 0 Å². The van der Waals surface area contributed by atoms with E-state index in [1.54, 1.807) is 30.6 Å². The quantitative estimate of drug-likeness (QED) is 0.642. The number of fused-ring (bicyclic) bond motifs is 1. The van der Waals surface area contributed by atoms with Crippen molar-refractivity contribution in [1.29, 1.82) is 0 Å². The van der Waals surface area contributed by atoms with E-state index in [0.717, 1.165) is 16.5 Å². The van der Waals surface area contributed by atoms with Gasteiger partial charge >= 0.3 is 0 Å². The molecule has 0 spiro atoms. The maximum atomic E-state index is 11.5. The second-order valence-corrected chi connectivity index (χ2v) is 4.70. The summed E-state index contributed by atoms with van der Waals surface area (Å²) in [5.74, 6) is -0.501. The molecule has 1 aromatic heterocycles. The van der Waals surface area contributed by atoms with Crippen LogP contribution in [-0.4, -0.2) is 10.9 Å². The third kappa shape index (κ3) is 2.49. The molecule has 21 heavy (non-hydrogen) atoms. The molecule has 0 saturated carbocycles. The van der Waals surface area contributed by atoms with Crippen molar-refractivity contribution in [3.63, 3.8) is 0 Å². The van der Waals surface area contributed by atoms with Crippen LogP contribution in [-0.2, 0) is 0 Å². The molecule has 3 rings (SSSR count). The Labute approximate surface area is 121 Å². The fourth-order valence-corrected chi connectivity index (χ4v) is 2.26. The number of pyridine rings is 1. The van der Waals surface area contributed by atoms with Crippen molar-refractivity contribution in [3.05, 3.63) is 60.4 Å². The van der Waals surface area contributed by atoms with Crippen LogP contribution >= 0.6 is 0 Å². The van der Waals surface area contributed by atoms with E-state index < -0.39 is 5.91 Å². The van der Waals surface area contributed by atoms with Crippen LogP contribution in [0.1, 0.15) is 10.4 Å². The number of benzene rings is 2. The van der Waals surface area contributed by atoms with Crippen molar-refractivity contribution >= 4 is 33.7 Å².